The first-order valence-electron chi connectivity index (χ1n) is 9.07. The fraction of sp³-hybridized carbons (Fsp3) is 0.182. The lowest BCUT2D eigenvalue weighted by Gasteiger charge is -2.09. The van der Waals surface area contributed by atoms with Gasteiger partial charge in [0, 0.05) is 17.5 Å². The van der Waals surface area contributed by atoms with E-state index in [4.69, 9.17) is 4.74 Å². The van der Waals surface area contributed by atoms with E-state index in [9.17, 15) is 9.59 Å². The summed E-state index contributed by atoms with van der Waals surface area (Å²) in [4.78, 5) is 24.9. The first-order chi connectivity index (χ1) is 13.7. The van der Waals surface area contributed by atoms with Crippen LogP contribution in [0.1, 0.15) is 22.8 Å². The van der Waals surface area contributed by atoms with E-state index in [0.717, 1.165) is 16.7 Å². The van der Waals surface area contributed by atoms with Crippen LogP contribution in [-0.2, 0) is 16.1 Å². The van der Waals surface area contributed by atoms with Crippen molar-refractivity contribution in [1.82, 2.24) is 5.32 Å². The van der Waals surface area contributed by atoms with E-state index in [1.807, 2.05) is 66.0 Å². The zero-order chi connectivity index (χ0) is 19.8. The molecule has 2 N–H and O–H groups in total. The normalized spacial score (nSPS) is 10.5. The summed E-state index contributed by atoms with van der Waals surface area (Å²) in [6.07, 6.45) is 0. The third kappa shape index (κ3) is 5.06. The minimum atomic E-state index is -0.435. The Morgan fingerprint density at radius 2 is 1.68 bits per heavy atom. The maximum absolute atomic E-state index is 12.5. The van der Waals surface area contributed by atoms with E-state index >= 15 is 0 Å². The van der Waals surface area contributed by atoms with Gasteiger partial charge in [0.25, 0.3) is 0 Å². The summed E-state index contributed by atoms with van der Waals surface area (Å²) in [5.74, 6) is -0.641. The van der Waals surface area contributed by atoms with Crippen LogP contribution in [0.3, 0.4) is 0 Å². The number of ether oxygens (including phenoxy) is 1. The molecule has 0 aliphatic heterocycles. The van der Waals surface area contributed by atoms with Gasteiger partial charge in [-0.1, -0.05) is 60.7 Å². The Kier molecular flexibility index (Phi) is 6.94. The van der Waals surface area contributed by atoms with Gasteiger partial charge in [-0.25, -0.2) is 4.79 Å². The molecule has 0 fully saturated rings. The molecule has 3 rings (SSSR count). The van der Waals surface area contributed by atoms with Crippen molar-refractivity contribution in [2.45, 2.75) is 13.5 Å². The molecule has 0 aliphatic carbocycles. The average Bonchev–Trinajstić information content (AvgIpc) is 3.13. The van der Waals surface area contributed by atoms with Gasteiger partial charge in [-0.2, -0.15) is 0 Å². The predicted molar refractivity (Wildman–Crippen MR) is 112 cm³/mol. The number of carbonyl (C=O) groups is 2. The summed E-state index contributed by atoms with van der Waals surface area (Å²) in [5.41, 5.74) is 3.17. The van der Waals surface area contributed by atoms with Crippen LogP contribution >= 0.6 is 11.3 Å². The van der Waals surface area contributed by atoms with Gasteiger partial charge in [0.1, 0.15) is 10.6 Å². The van der Waals surface area contributed by atoms with Gasteiger partial charge in [-0.15, -0.1) is 11.3 Å². The number of amides is 1. The van der Waals surface area contributed by atoms with Crippen molar-refractivity contribution in [1.29, 1.82) is 0 Å². The molecule has 1 aromatic heterocycles. The van der Waals surface area contributed by atoms with Crippen molar-refractivity contribution in [2.24, 2.45) is 0 Å². The summed E-state index contributed by atoms with van der Waals surface area (Å²) >= 11 is 1.32. The number of benzene rings is 2. The molecule has 0 bridgehead atoms. The van der Waals surface area contributed by atoms with Crippen molar-refractivity contribution < 1.29 is 14.3 Å². The van der Waals surface area contributed by atoms with Gasteiger partial charge in [-0.3, -0.25) is 4.79 Å². The SMILES string of the molecule is CCOC(=O)c1c(-c2ccccc2)csc1NC(=O)CNCc1ccccc1. The number of hydrogen-bond acceptors (Lipinski definition) is 5. The minimum absolute atomic E-state index is 0.149. The zero-order valence-electron chi connectivity index (χ0n) is 15.6. The number of carbonyl (C=O) groups excluding carboxylic acids is 2. The van der Waals surface area contributed by atoms with E-state index in [0.29, 0.717) is 17.1 Å². The molecule has 0 saturated heterocycles. The number of thiophene rings is 1. The highest BCUT2D eigenvalue weighted by atomic mass is 32.1. The third-order valence-electron chi connectivity index (χ3n) is 4.07. The topological polar surface area (TPSA) is 67.4 Å². The molecule has 0 atom stereocenters. The van der Waals surface area contributed by atoms with Crippen molar-refractivity contribution in [2.75, 3.05) is 18.5 Å². The fourth-order valence-electron chi connectivity index (χ4n) is 2.77. The molecule has 28 heavy (non-hydrogen) atoms. The lowest BCUT2D eigenvalue weighted by atomic mass is 10.0. The van der Waals surface area contributed by atoms with Crippen molar-refractivity contribution in [3.8, 4) is 11.1 Å². The lowest BCUT2D eigenvalue weighted by Crippen LogP contribution is -2.28. The molecule has 0 unspecified atom stereocenters. The Labute approximate surface area is 168 Å². The van der Waals surface area contributed by atoms with Crippen molar-refractivity contribution in [3.05, 3.63) is 77.2 Å². The largest absolute Gasteiger partial charge is 0.462 e. The second kappa shape index (κ2) is 9.82. The Bertz CT molecular complexity index is 923. The van der Waals surface area contributed by atoms with Gasteiger partial charge in [0.2, 0.25) is 5.91 Å². The van der Waals surface area contributed by atoms with Gasteiger partial charge in [-0.05, 0) is 18.1 Å². The molecule has 2 aromatic carbocycles. The minimum Gasteiger partial charge on any atom is -0.462 e. The van der Waals surface area contributed by atoms with E-state index < -0.39 is 5.97 Å². The quantitative estimate of drug-likeness (QED) is 0.559. The molecule has 0 saturated carbocycles. The van der Waals surface area contributed by atoms with Crippen molar-refractivity contribution >= 4 is 28.2 Å². The molecule has 6 heteroatoms. The molecule has 0 radical (unpaired) electrons. The molecule has 0 spiro atoms. The highest BCUT2D eigenvalue weighted by Gasteiger charge is 2.22. The Morgan fingerprint density at radius 3 is 2.36 bits per heavy atom. The maximum atomic E-state index is 12.5. The number of rotatable bonds is 8. The fourth-order valence-corrected chi connectivity index (χ4v) is 3.75. The number of esters is 1. The smallest absolute Gasteiger partial charge is 0.341 e. The average molecular weight is 394 g/mol. The molecule has 5 nitrogen and oxygen atoms in total. The van der Waals surface area contributed by atoms with E-state index in [1.165, 1.54) is 11.3 Å². The van der Waals surface area contributed by atoms with E-state index in [-0.39, 0.29) is 19.1 Å². The number of anilines is 1. The van der Waals surface area contributed by atoms with Crippen LogP contribution in [0.2, 0.25) is 0 Å². The van der Waals surface area contributed by atoms with Gasteiger partial charge in [0.15, 0.2) is 0 Å². The predicted octanol–water partition coefficient (Wildman–Crippen LogP) is 4.32. The van der Waals surface area contributed by atoms with Crippen LogP contribution in [0.5, 0.6) is 0 Å². The summed E-state index contributed by atoms with van der Waals surface area (Å²) in [6, 6.07) is 19.5. The molecule has 0 aliphatic rings. The van der Waals surface area contributed by atoms with Gasteiger partial charge >= 0.3 is 5.97 Å². The second-order valence-electron chi connectivity index (χ2n) is 6.08. The Morgan fingerprint density at radius 1 is 1.00 bits per heavy atom. The number of hydrogen-bond donors (Lipinski definition) is 2. The molecular weight excluding hydrogens is 372 g/mol. The van der Waals surface area contributed by atoms with E-state index in [1.54, 1.807) is 6.92 Å². The highest BCUT2D eigenvalue weighted by molar-refractivity contribution is 7.15. The van der Waals surface area contributed by atoms with Gasteiger partial charge < -0.3 is 15.4 Å². The third-order valence-corrected chi connectivity index (χ3v) is 4.96. The molecule has 1 heterocycles. The first kappa shape index (κ1) is 19.8. The lowest BCUT2D eigenvalue weighted by molar-refractivity contribution is -0.115. The van der Waals surface area contributed by atoms with E-state index in [2.05, 4.69) is 10.6 Å². The molecular formula is C22H22N2O3S. The Hall–Kier alpha value is -2.96. The number of nitrogens with one attached hydrogen (secondary N) is 2. The maximum Gasteiger partial charge on any atom is 0.341 e. The Balaban J connectivity index is 1.71. The standard InChI is InChI=1S/C22H22N2O3S/c1-2-27-22(26)20-18(17-11-7-4-8-12-17)15-28-21(20)24-19(25)14-23-13-16-9-5-3-6-10-16/h3-12,15,23H,2,13-14H2,1H3,(H,24,25). The highest BCUT2D eigenvalue weighted by Crippen LogP contribution is 2.36. The first-order valence-corrected chi connectivity index (χ1v) is 9.95. The van der Waals surface area contributed by atoms with Gasteiger partial charge in [0.05, 0.1) is 13.2 Å². The summed E-state index contributed by atoms with van der Waals surface area (Å²) in [5, 5.41) is 8.33. The molecule has 144 valence electrons. The zero-order valence-corrected chi connectivity index (χ0v) is 16.4. The van der Waals surface area contributed by atoms with Crippen LogP contribution < -0.4 is 10.6 Å². The van der Waals surface area contributed by atoms with Crippen LogP contribution in [0.25, 0.3) is 11.1 Å². The van der Waals surface area contributed by atoms with Crippen LogP contribution in [-0.4, -0.2) is 25.0 Å². The summed E-state index contributed by atoms with van der Waals surface area (Å²) < 4.78 is 5.21. The molecule has 1 amide bonds. The van der Waals surface area contributed by atoms with Crippen LogP contribution in [0.15, 0.2) is 66.0 Å². The summed E-state index contributed by atoms with van der Waals surface area (Å²) in [6.45, 7) is 2.78. The van der Waals surface area contributed by atoms with Crippen LogP contribution in [0.4, 0.5) is 5.00 Å². The summed E-state index contributed by atoms with van der Waals surface area (Å²) in [7, 11) is 0. The van der Waals surface area contributed by atoms with Crippen LogP contribution in [0, 0.1) is 0 Å². The van der Waals surface area contributed by atoms with Crippen molar-refractivity contribution in [3.63, 3.8) is 0 Å². The monoisotopic (exact) mass is 394 g/mol. The second-order valence-corrected chi connectivity index (χ2v) is 6.96. The molecule has 3 aromatic rings.